The van der Waals surface area contributed by atoms with Gasteiger partial charge in [-0.2, -0.15) is 9.67 Å². The molecule has 0 atom stereocenters. The normalized spacial score (nSPS) is 13.9. The Morgan fingerprint density at radius 1 is 1.17 bits per heavy atom. The zero-order chi connectivity index (χ0) is 20.4. The molecule has 1 aromatic carbocycles. The monoisotopic (exact) mass is 396 g/mol. The summed E-state index contributed by atoms with van der Waals surface area (Å²) < 4.78 is 13.8. The van der Waals surface area contributed by atoms with Gasteiger partial charge in [-0.3, -0.25) is 9.36 Å². The third-order valence-corrected chi connectivity index (χ3v) is 5.26. The van der Waals surface area contributed by atoms with E-state index in [0.29, 0.717) is 42.0 Å². The third kappa shape index (κ3) is 3.94. The molecule has 0 spiro atoms. The average molecular weight is 396 g/mol. The van der Waals surface area contributed by atoms with Crippen LogP contribution in [0.4, 0.5) is 5.95 Å². The summed E-state index contributed by atoms with van der Waals surface area (Å²) in [7, 11) is 3.18. The number of nitrogen functional groups attached to an aromatic ring is 1. The fourth-order valence-corrected chi connectivity index (χ4v) is 3.46. The molecule has 3 aromatic rings. The second-order valence-electron chi connectivity index (χ2n) is 7.20. The van der Waals surface area contributed by atoms with Gasteiger partial charge in [0.15, 0.2) is 17.3 Å². The van der Waals surface area contributed by atoms with E-state index >= 15 is 0 Å². The minimum atomic E-state index is -0.104. The van der Waals surface area contributed by atoms with Gasteiger partial charge in [-0.1, -0.05) is 12.5 Å². The Kier molecular flexibility index (Phi) is 5.20. The molecule has 0 radical (unpaired) electrons. The number of nitrogens with zero attached hydrogens (tertiary/aromatic N) is 5. The van der Waals surface area contributed by atoms with E-state index in [-0.39, 0.29) is 11.5 Å². The highest BCUT2D eigenvalue weighted by molar-refractivity contribution is 5.44. The Hall–Kier alpha value is -3.36. The van der Waals surface area contributed by atoms with Crippen molar-refractivity contribution in [1.29, 1.82) is 0 Å². The number of benzene rings is 1. The molecular formula is C20H24N6O3. The summed E-state index contributed by atoms with van der Waals surface area (Å²) in [5, 5.41) is 4.23. The van der Waals surface area contributed by atoms with Gasteiger partial charge in [0.05, 0.1) is 20.5 Å². The third-order valence-electron chi connectivity index (χ3n) is 5.26. The first-order valence-electron chi connectivity index (χ1n) is 9.56. The van der Waals surface area contributed by atoms with Gasteiger partial charge in [-0.05, 0) is 36.5 Å². The summed E-state index contributed by atoms with van der Waals surface area (Å²) in [6, 6.07) is 7.10. The van der Waals surface area contributed by atoms with Gasteiger partial charge in [-0.25, -0.2) is 4.98 Å². The van der Waals surface area contributed by atoms with Crippen LogP contribution in [0.2, 0.25) is 0 Å². The van der Waals surface area contributed by atoms with Crippen molar-refractivity contribution in [1.82, 2.24) is 24.3 Å². The molecule has 0 unspecified atom stereocenters. The largest absolute Gasteiger partial charge is 0.493 e. The van der Waals surface area contributed by atoms with Crippen LogP contribution in [-0.2, 0) is 13.0 Å². The number of nitrogens with two attached hydrogens (primary N) is 1. The van der Waals surface area contributed by atoms with Crippen LogP contribution < -0.4 is 20.8 Å². The molecule has 0 bridgehead atoms. The van der Waals surface area contributed by atoms with E-state index < -0.39 is 0 Å². The molecule has 1 saturated carbocycles. The number of hydrogen-bond donors (Lipinski definition) is 1. The van der Waals surface area contributed by atoms with E-state index in [1.54, 1.807) is 25.1 Å². The lowest BCUT2D eigenvalue weighted by atomic mass is 9.85. The predicted octanol–water partition coefficient (Wildman–Crippen LogP) is 1.81. The SMILES string of the molecule is COc1ccc(Cc2nc(N)nn2-c2cc(=O)n(CC3CCC3)cn2)cc1OC. The van der Waals surface area contributed by atoms with Crippen molar-refractivity contribution >= 4 is 5.95 Å². The van der Waals surface area contributed by atoms with E-state index in [9.17, 15) is 4.79 Å². The van der Waals surface area contributed by atoms with Crippen LogP contribution in [0.25, 0.3) is 5.82 Å². The highest BCUT2D eigenvalue weighted by Crippen LogP contribution is 2.29. The maximum Gasteiger partial charge on any atom is 0.255 e. The molecule has 0 saturated heterocycles. The smallest absolute Gasteiger partial charge is 0.255 e. The topological polar surface area (TPSA) is 110 Å². The van der Waals surface area contributed by atoms with Gasteiger partial charge in [0.1, 0.15) is 5.82 Å². The van der Waals surface area contributed by atoms with E-state index in [1.807, 2.05) is 18.2 Å². The van der Waals surface area contributed by atoms with E-state index in [4.69, 9.17) is 15.2 Å². The van der Waals surface area contributed by atoms with Crippen molar-refractivity contribution in [3.05, 3.63) is 52.3 Å². The van der Waals surface area contributed by atoms with Crippen LogP contribution in [0, 0.1) is 5.92 Å². The molecule has 9 nitrogen and oxygen atoms in total. The Balaban J connectivity index is 1.61. The second kappa shape index (κ2) is 7.94. The fraction of sp³-hybridized carbons (Fsp3) is 0.400. The molecule has 1 fully saturated rings. The van der Waals surface area contributed by atoms with Gasteiger partial charge in [0, 0.05) is 19.0 Å². The van der Waals surface area contributed by atoms with Crippen molar-refractivity contribution < 1.29 is 9.47 Å². The number of ether oxygens (including phenoxy) is 2. The Morgan fingerprint density at radius 2 is 1.97 bits per heavy atom. The van der Waals surface area contributed by atoms with Crippen LogP contribution in [0.1, 0.15) is 30.7 Å². The maximum absolute atomic E-state index is 12.5. The van der Waals surface area contributed by atoms with Crippen molar-refractivity contribution in [3.63, 3.8) is 0 Å². The highest BCUT2D eigenvalue weighted by Gasteiger charge is 2.19. The molecule has 2 aromatic heterocycles. The zero-order valence-electron chi connectivity index (χ0n) is 16.5. The molecule has 1 aliphatic rings. The molecule has 29 heavy (non-hydrogen) atoms. The van der Waals surface area contributed by atoms with Gasteiger partial charge in [-0.15, -0.1) is 5.10 Å². The van der Waals surface area contributed by atoms with Gasteiger partial charge >= 0.3 is 0 Å². The number of rotatable bonds is 7. The fourth-order valence-electron chi connectivity index (χ4n) is 3.46. The second-order valence-corrected chi connectivity index (χ2v) is 7.20. The van der Waals surface area contributed by atoms with Gasteiger partial charge in [0.25, 0.3) is 5.56 Å². The Bertz CT molecular complexity index is 1070. The number of aromatic nitrogens is 5. The van der Waals surface area contributed by atoms with Crippen LogP contribution in [-0.4, -0.2) is 38.5 Å². The average Bonchev–Trinajstić information content (AvgIpc) is 3.05. The minimum absolute atomic E-state index is 0.104. The van der Waals surface area contributed by atoms with Gasteiger partial charge in [0.2, 0.25) is 5.95 Å². The van der Waals surface area contributed by atoms with Crippen LogP contribution in [0.5, 0.6) is 11.5 Å². The highest BCUT2D eigenvalue weighted by atomic mass is 16.5. The molecule has 152 valence electrons. The lowest BCUT2D eigenvalue weighted by Gasteiger charge is -2.25. The lowest BCUT2D eigenvalue weighted by Crippen LogP contribution is -2.27. The first-order valence-corrected chi connectivity index (χ1v) is 9.56. The lowest BCUT2D eigenvalue weighted by molar-refractivity contribution is 0.272. The van der Waals surface area contributed by atoms with Crippen LogP contribution in [0.15, 0.2) is 35.4 Å². The molecule has 4 rings (SSSR count). The summed E-state index contributed by atoms with van der Waals surface area (Å²) in [4.78, 5) is 21.3. The molecule has 2 heterocycles. The molecule has 9 heteroatoms. The summed E-state index contributed by atoms with van der Waals surface area (Å²) in [6.07, 6.45) is 5.60. The molecule has 0 aliphatic heterocycles. The van der Waals surface area contributed by atoms with Crippen molar-refractivity contribution in [2.24, 2.45) is 5.92 Å². The molecule has 0 amide bonds. The van der Waals surface area contributed by atoms with E-state index in [1.165, 1.54) is 30.0 Å². The van der Waals surface area contributed by atoms with Gasteiger partial charge < -0.3 is 15.2 Å². The molecule has 2 N–H and O–H groups in total. The summed E-state index contributed by atoms with van der Waals surface area (Å²) in [5.41, 5.74) is 6.67. The van der Waals surface area contributed by atoms with Crippen LogP contribution in [0.3, 0.4) is 0 Å². The standard InChI is InChI=1S/C20H24N6O3/c1-28-15-7-6-14(8-16(15)29-2)9-18-23-20(21)24-26(18)17-10-19(27)25(12-22-17)11-13-4-3-5-13/h6-8,10,12-13H,3-5,9,11H2,1-2H3,(H2,21,24). The maximum atomic E-state index is 12.5. The zero-order valence-corrected chi connectivity index (χ0v) is 16.5. The van der Waals surface area contributed by atoms with E-state index in [0.717, 1.165) is 5.56 Å². The van der Waals surface area contributed by atoms with Crippen LogP contribution >= 0.6 is 0 Å². The number of hydrogen-bond acceptors (Lipinski definition) is 7. The Labute approximate surface area is 168 Å². The van der Waals surface area contributed by atoms with E-state index in [2.05, 4.69) is 15.1 Å². The van der Waals surface area contributed by atoms with Crippen molar-refractivity contribution in [2.45, 2.75) is 32.2 Å². The van der Waals surface area contributed by atoms with Crippen molar-refractivity contribution in [2.75, 3.05) is 20.0 Å². The predicted molar refractivity (Wildman–Crippen MR) is 108 cm³/mol. The first-order chi connectivity index (χ1) is 14.1. The number of methoxy groups -OCH3 is 2. The quantitative estimate of drug-likeness (QED) is 0.648. The molecular weight excluding hydrogens is 372 g/mol. The summed E-state index contributed by atoms with van der Waals surface area (Å²) >= 11 is 0. The molecule has 1 aliphatic carbocycles. The number of anilines is 1. The minimum Gasteiger partial charge on any atom is -0.493 e. The summed E-state index contributed by atoms with van der Waals surface area (Å²) in [6.45, 7) is 0.712. The first kappa shape index (κ1) is 19.0. The Morgan fingerprint density at radius 3 is 2.62 bits per heavy atom. The van der Waals surface area contributed by atoms with Crippen molar-refractivity contribution in [3.8, 4) is 17.3 Å². The summed E-state index contributed by atoms with van der Waals surface area (Å²) in [5.74, 6) is 2.96.